The van der Waals surface area contributed by atoms with E-state index in [0.29, 0.717) is 12.5 Å². The quantitative estimate of drug-likeness (QED) is 0.672. The number of ketones is 1. The number of benzene rings is 1. The van der Waals surface area contributed by atoms with Gasteiger partial charge in [0.1, 0.15) is 6.10 Å². The molecular weight excluding hydrogens is 212 g/mol. The standard InChI is InChI=1S/C15H22O2/c1-4-14(17-11-10-12(2)3)15(16)13-8-6-5-7-9-13/h5-9,12,14H,4,10-11H2,1-3H3. The summed E-state index contributed by atoms with van der Waals surface area (Å²) in [7, 11) is 0. The molecule has 0 spiro atoms. The molecule has 2 heteroatoms. The molecule has 1 rings (SSSR count). The maximum absolute atomic E-state index is 12.1. The van der Waals surface area contributed by atoms with Gasteiger partial charge in [0, 0.05) is 12.2 Å². The average Bonchev–Trinajstić information content (AvgIpc) is 2.34. The highest BCUT2D eigenvalue weighted by Crippen LogP contribution is 2.10. The van der Waals surface area contributed by atoms with Gasteiger partial charge in [-0.05, 0) is 18.8 Å². The molecule has 0 aliphatic carbocycles. The first kappa shape index (κ1) is 13.9. The van der Waals surface area contributed by atoms with Gasteiger partial charge in [0.05, 0.1) is 0 Å². The van der Waals surface area contributed by atoms with Gasteiger partial charge in [0.25, 0.3) is 0 Å². The average molecular weight is 234 g/mol. The van der Waals surface area contributed by atoms with Crippen molar-refractivity contribution in [2.24, 2.45) is 5.92 Å². The second-order valence-electron chi connectivity index (χ2n) is 4.68. The molecule has 0 N–H and O–H groups in total. The first-order chi connectivity index (χ1) is 8.15. The number of rotatable bonds is 7. The predicted molar refractivity (Wildman–Crippen MR) is 70.3 cm³/mol. The van der Waals surface area contributed by atoms with Crippen molar-refractivity contribution >= 4 is 5.78 Å². The first-order valence-corrected chi connectivity index (χ1v) is 6.36. The molecule has 0 saturated carbocycles. The van der Waals surface area contributed by atoms with Crippen LogP contribution in [0.25, 0.3) is 0 Å². The minimum atomic E-state index is -0.295. The van der Waals surface area contributed by atoms with Crippen LogP contribution < -0.4 is 0 Å². The van der Waals surface area contributed by atoms with Crippen molar-refractivity contribution in [3.63, 3.8) is 0 Å². The van der Waals surface area contributed by atoms with E-state index in [0.717, 1.165) is 18.4 Å². The summed E-state index contributed by atoms with van der Waals surface area (Å²) < 4.78 is 5.67. The lowest BCUT2D eigenvalue weighted by atomic mass is 10.0. The molecule has 0 aliphatic rings. The molecular formula is C15H22O2. The normalized spacial score (nSPS) is 12.7. The Kier molecular flexibility index (Phi) is 5.92. The van der Waals surface area contributed by atoms with Crippen LogP contribution in [0.15, 0.2) is 30.3 Å². The van der Waals surface area contributed by atoms with E-state index in [1.807, 2.05) is 37.3 Å². The van der Waals surface area contributed by atoms with Crippen molar-refractivity contribution in [2.75, 3.05) is 6.61 Å². The van der Waals surface area contributed by atoms with Crippen LogP contribution in [0.2, 0.25) is 0 Å². The van der Waals surface area contributed by atoms with Crippen LogP contribution in [0.5, 0.6) is 0 Å². The van der Waals surface area contributed by atoms with Gasteiger partial charge < -0.3 is 4.74 Å². The summed E-state index contributed by atoms with van der Waals surface area (Å²) in [6.45, 7) is 6.96. The van der Waals surface area contributed by atoms with E-state index in [-0.39, 0.29) is 11.9 Å². The van der Waals surface area contributed by atoms with Crippen molar-refractivity contribution in [3.05, 3.63) is 35.9 Å². The highest BCUT2D eigenvalue weighted by Gasteiger charge is 2.18. The summed E-state index contributed by atoms with van der Waals surface area (Å²) in [4.78, 5) is 12.1. The van der Waals surface area contributed by atoms with Gasteiger partial charge >= 0.3 is 0 Å². The second-order valence-corrected chi connectivity index (χ2v) is 4.68. The Morgan fingerprint density at radius 1 is 1.24 bits per heavy atom. The van der Waals surface area contributed by atoms with Crippen LogP contribution in [0, 0.1) is 5.92 Å². The summed E-state index contributed by atoms with van der Waals surface area (Å²) in [5.41, 5.74) is 0.740. The number of carbonyl (C=O) groups excluding carboxylic acids is 1. The summed E-state index contributed by atoms with van der Waals surface area (Å²) >= 11 is 0. The van der Waals surface area contributed by atoms with Gasteiger partial charge in [-0.1, -0.05) is 51.1 Å². The Morgan fingerprint density at radius 3 is 2.41 bits per heavy atom. The fourth-order valence-corrected chi connectivity index (χ4v) is 1.61. The van der Waals surface area contributed by atoms with E-state index in [4.69, 9.17) is 4.74 Å². The van der Waals surface area contributed by atoms with Crippen molar-refractivity contribution < 1.29 is 9.53 Å². The first-order valence-electron chi connectivity index (χ1n) is 6.36. The van der Waals surface area contributed by atoms with Crippen LogP contribution in [0.4, 0.5) is 0 Å². The van der Waals surface area contributed by atoms with Crippen LogP contribution in [-0.4, -0.2) is 18.5 Å². The summed E-state index contributed by atoms with van der Waals surface area (Å²) in [6.07, 6.45) is 1.43. The Labute approximate surface area is 104 Å². The van der Waals surface area contributed by atoms with Crippen LogP contribution in [0.3, 0.4) is 0 Å². The lowest BCUT2D eigenvalue weighted by molar-refractivity contribution is 0.0361. The van der Waals surface area contributed by atoms with Crippen molar-refractivity contribution in [1.82, 2.24) is 0 Å². The van der Waals surface area contributed by atoms with Crippen molar-refractivity contribution in [3.8, 4) is 0 Å². The zero-order chi connectivity index (χ0) is 12.7. The third-order valence-corrected chi connectivity index (χ3v) is 2.74. The summed E-state index contributed by atoms with van der Waals surface area (Å²) in [5, 5.41) is 0. The molecule has 0 amide bonds. The minimum absolute atomic E-state index is 0.0943. The SMILES string of the molecule is CCC(OCCC(C)C)C(=O)c1ccccc1. The lowest BCUT2D eigenvalue weighted by Gasteiger charge is -2.15. The Morgan fingerprint density at radius 2 is 1.88 bits per heavy atom. The maximum atomic E-state index is 12.1. The molecule has 0 aromatic heterocycles. The molecule has 1 unspecified atom stereocenters. The molecule has 17 heavy (non-hydrogen) atoms. The van der Waals surface area contributed by atoms with Crippen LogP contribution >= 0.6 is 0 Å². The molecule has 1 aromatic rings. The van der Waals surface area contributed by atoms with Crippen LogP contribution in [-0.2, 0) is 4.74 Å². The molecule has 0 heterocycles. The third kappa shape index (κ3) is 4.70. The smallest absolute Gasteiger partial charge is 0.191 e. The summed E-state index contributed by atoms with van der Waals surface area (Å²) in [6, 6.07) is 9.37. The molecule has 94 valence electrons. The number of ether oxygens (including phenoxy) is 1. The van der Waals surface area contributed by atoms with E-state index in [1.54, 1.807) is 0 Å². The van der Waals surface area contributed by atoms with E-state index in [9.17, 15) is 4.79 Å². The highest BCUT2D eigenvalue weighted by atomic mass is 16.5. The zero-order valence-electron chi connectivity index (χ0n) is 11.0. The van der Waals surface area contributed by atoms with E-state index < -0.39 is 0 Å². The molecule has 0 radical (unpaired) electrons. The molecule has 0 aliphatic heterocycles. The number of carbonyl (C=O) groups is 1. The Hall–Kier alpha value is -1.15. The Bertz CT molecular complexity index is 330. The van der Waals surface area contributed by atoms with Gasteiger partial charge in [0.15, 0.2) is 5.78 Å². The molecule has 1 aromatic carbocycles. The Balaban J connectivity index is 2.53. The number of Topliss-reactive ketones (excluding diaryl/α,β-unsaturated/α-hetero) is 1. The van der Waals surface area contributed by atoms with E-state index >= 15 is 0 Å². The van der Waals surface area contributed by atoms with Crippen LogP contribution in [0.1, 0.15) is 44.0 Å². The number of hydrogen-bond acceptors (Lipinski definition) is 2. The largest absolute Gasteiger partial charge is 0.370 e. The van der Waals surface area contributed by atoms with E-state index in [2.05, 4.69) is 13.8 Å². The van der Waals surface area contributed by atoms with Crippen molar-refractivity contribution in [1.29, 1.82) is 0 Å². The van der Waals surface area contributed by atoms with Crippen molar-refractivity contribution in [2.45, 2.75) is 39.7 Å². The lowest BCUT2D eigenvalue weighted by Crippen LogP contribution is -2.24. The fourth-order valence-electron chi connectivity index (χ4n) is 1.61. The molecule has 1 atom stereocenters. The molecule has 0 bridgehead atoms. The highest BCUT2D eigenvalue weighted by molar-refractivity contribution is 5.99. The fraction of sp³-hybridized carbons (Fsp3) is 0.533. The zero-order valence-corrected chi connectivity index (χ0v) is 11.0. The predicted octanol–water partition coefficient (Wildman–Crippen LogP) is 3.71. The molecule has 0 fully saturated rings. The monoisotopic (exact) mass is 234 g/mol. The van der Waals surface area contributed by atoms with Gasteiger partial charge in [0.2, 0.25) is 0 Å². The third-order valence-electron chi connectivity index (χ3n) is 2.74. The molecule has 2 nitrogen and oxygen atoms in total. The maximum Gasteiger partial charge on any atom is 0.191 e. The van der Waals surface area contributed by atoms with Gasteiger partial charge in [-0.3, -0.25) is 4.79 Å². The minimum Gasteiger partial charge on any atom is -0.370 e. The summed E-state index contributed by atoms with van der Waals surface area (Å²) in [5.74, 6) is 0.705. The second kappa shape index (κ2) is 7.23. The number of hydrogen-bond donors (Lipinski definition) is 0. The topological polar surface area (TPSA) is 26.3 Å². The van der Waals surface area contributed by atoms with Gasteiger partial charge in [-0.2, -0.15) is 0 Å². The van der Waals surface area contributed by atoms with E-state index in [1.165, 1.54) is 0 Å². The van der Waals surface area contributed by atoms with Gasteiger partial charge in [-0.25, -0.2) is 0 Å². The molecule has 0 saturated heterocycles. The van der Waals surface area contributed by atoms with Gasteiger partial charge in [-0.15, -0.1) is 0 Å².